The van der Waals surface area contributed by atoms with Crippen LogP contribution >= 0.6 is 11.6 Å². The van der Waals surface area contributed by atoms with Gasteiger partial charge in [0.1, 0.15) is 5.75 Å². The maximum Gasteiger partial charge on any atom is 0.319 e. The topological polar surface area (TPSA) is 82.1 Å². The van der Waals surface area contributed by atoms with E-state index < -0.39 is 35.5 Å². The highest BCUT2D eigenvalue weighted by atomic mass is 35.5. The van der Waals surface area contributed by atoms with Gasteiger partial charge in [-0.15, -0.1) is 0 Å². The molecule has 4 aliphatic rings. The fraction of sp³-hybridized carbons (Fsp3) is 0.156. The minimum absolute atomic E-state index is 0.118. The Hall–Kier alpha value is -4.62. The number of hydrogen-bond donors (Lipinski definition) is 0. The summed E-state index contributed by atoms with van der Waals surface area (Å²) in [5.41, 5.74) is 2.65. The van der Waals surface area contributed by atoms with Crippen LogP contribution in [0.1, 0.15) is 17.0 Å². The number of benzene rings is 4. The molecule has 3 heterocycles. The number of fused-ring (bicyclic) bond motifs is 8. The second-order valence-corrected chi connectivity index (χ2v) is 10.8. The molecule has 0 aromatic heterocycles. The number of nitrogens with zero attached hydrogens (tertiary/aromatic N) is 1. The SMILES string of the molecule is O=C1Oc2c(ccc3ccccc23)C2=C[C@H](c3ccc4c(c3)OCO4)[C@@H]3C(=O)N(c4ccc(Cl)cc4)C(=O)[C@@H]3[C@H]12. The number of carbonyl (C=O) groups is 3. The summed E-state index contributed by atoms with van der Waals surface area (Å²) in [6, 6.07) is 23.7. The van der Waals surface area contributed by atoms with E-state index in [4.69, 9.17) is 25.8 Å². The van der Waals surface area contributed by atoms with Gasteiger partial charge in [-0.25, -0.2) is 4.90 Å². The van der Waals surface area contributed by atoms with Gasteiger partial charge in [0.2, 0.25) is 18.6 Å². The van der Waals surface area contributed by atoms with E-state index in [0.717, 1.165) is 21.9 Å². The van der Waals surface area contributed by atoms with Crippen molar-refractivity contribution in [3.8, 4) is 17.2 Å². The molecule has 0 bridgehead atoms. The highest BCUT2D eigenvalue weighted by molar-refractivity contribution is 6.31. The number of rotatable bonds is 2. The molecule has 2 amide bonds. The van der Waals surface area contributed by atoms with Gasteiger partial charge in [-0.05, 0) is 52.9 Å². The molecule has 3 aliphatic heterocycles. The average Bonchev–Trinajstić information content (AvgIpc) is 3.55. The van der Waals surface area contributed by atoms with Crippen molar-refractivity contribution in [1.82, 2.24) is 0 Å². The van der Waals surface area contributed by atoms with Crippen molar-refractivity contribution >= 4 is 51.4 Å². The summed E-state index contributed by atoms with van der Waals surface area (Å²) in [5, 5.41) is 2.24. The predicted octanol–water partition coefficient (Wildman–Crippen LogP) is 5.74. The van der Waals surface area contributed by atoms with Crippen molar-refractivity contribution in [3.05, 3.63) is 101 Å². The molecular formula is C32H20ClNO6. The Labute approximate surface area is 233 Å². The smallest absolute Gasteiger partial charge is 0.319 e. The number of hydrogen-bond acceptors (Lipinski definition) is 6. The fourth-order valence-electron chi connectivity index (χ4n) is 6.58. The van der Waals surface area contributed by atoms with Gasteiger partial charge in [0.05, 0.1) is 23.4 Å². The number of allylic oxidation sites excluding steroid dienone is 1. The van der Waals surface area contributed by atoms with E-state index >= 15 is 0 Å². The molecule has 4 aromatic rings. The van der Waals surface area contributed by atoms with Gasteiger partial charge in [-0.3, -0.25) is 14.4 Å². The Morgan fingerprint density at radius 2 is 1.57 bits per heavy atom. The van der Waals surface area contributed by atoms with E-state index in [1.807, 2.05) is 60.7 Å². The summed E-state index contributed by atoms with van der Waals surface area (Å²) in [5.74, 6) is -2.83. The van der Waals surface area contributed by atoms with Crippen molar-refractivity contribution in [1.29, 1.82) is 0 Å². The third-order valence-corrected chi connectivity index (χ3v) is 8.60. The number of halogens is 1. The first-order chi connectivity index (χ1) is 19.5. The molecular weight excluding hydrogens is 530 g/mol. The minimum atomic E-state index is -0.939. The Morgan fingerprint density at radius 1 is 0.800 bits per heavy atom. The fourth-order valence-corrected chi connectivity index (χ4v) is 6.70. The van der Waals surface area contributed by atoms with Crippen LogP contribution in [-0.2, 0) is 14.4 Å². The Morgan fingerprint density at radius 3 is 2.42 bits per heavy atom. The van der Waals surface area contributed by atoms with Crippen molar-refractivity contribution in [2.24, 2.45) is 17.8 Å². The van der Waals surface area contributed by atoms with E-state index in [2.05, 4.69) is 0 Å². The summed E-state index contributed by atoms with van der Waals surface area (Å²) in [4.78, 5) is 43.1. The summed E-state index contributed by atoms with van der Waals surface area (Å²) in [6.45, 7) is 0.118. The van der Waals surface area contributed by atoms with E-state index in [9.17, 15) is 14.4 Å². The first kappa shape index (κ1) is 23.3. The van der Waals surface area contributed by atoms with Crippen LogP contribution in [0.3, 0.4) is 0 Å². The lowest BCUT2D eigenvalue weighted by atomic mass is 9.64. The average molecular weight is 550 g/mol. The highest BCUT2D eigenvalue weighted by Gasteiger charge is 2.60. The van der Waals surface area contributed by atoms with Gasteiger partial charge >= 0.3 is 5.97 Å². The molecule has 0 spiro atoms. The summed E-state index contributed by atoms with van der Waals surface area (Å²) < 4.78 is 17.1. The zero-order valence-corrected chi connectivity index (χ0v) is 21.6. The van der Waals surface area contributed by atoms with Gasteiger partial charge in [-0.1, -0.05) is 60.1 Å². The van der Waals surface area contributed by atoms with Crippen LogP contribution in [-0.4, -0.2) is 24.6 Å². The van der Waals surface area contributed by atoms with E-state index in [0.29, 0.717) is 33.5 Å². The molecule has 7 nitrogen and oxygen atoms in total. The number of carbonyl (C=O) groups excluding carboxylic acids is 3. The standard InChI is InChI=1S/C32H20ClNO6/c33-18-7-9-19(10-8-18)34-30(35)26-22(17-6-12-24-25(13-17)39-15-38-24)14-23-21-11-5-16-3-1-2-4-20(16)29(21)40-32(37)27(23)28(26)31(34)36/h1-14,22,26-28H,15H2/t22-,26+,27-,28+/m1/s1. The van der Waals surface area contributed by atoms with Crippen molar-refractivity contribution in [2.45, 2.75) is 5.92 Å². The third-order valence-electron chi connectivity index (χ3n) is 8.35. The zero-order chi connectivity index (χ0) is 27.1. The molecule has 196 valence electrons. The third kappa shape index (κ3) is 3.21. The van der Waals surface area contributed by atoms with Crippen LogP contribution in [0.15, 0.2) is 84.9 Å². The quantitative estimate of drug-likeness (QED) is 0.180. The maximum atomic E-state index is 14.1. The highest BCUT2D eigenvalue weighted by Crippen LogP contribution is 2.56. The molecule has 4 atom stereocenters. The molecule has 1 saturated heterocycles. The normalized spacial score (nSPS) is 24.4. The first-order valence-corrected chi connectivity index (χ1v) is 13.4. The summed E-state index contributed by atoms with van der Waals surface area (Å²) >= 11 is 6.08. The molecule has 1 fully saturated rings. The molecule has 1 aliphatic carbocycles. The molecule has 0 N–H and O–H groups in total. The van der Waals surface area contributed by atoms with Crippen molar-refractivity contribution in [3.63, 3.8) is 0 Å². The largest absolute Gasteiger partial charge is 0.454 e. The number of amides is 2. The lowest BCUT2D eigenvalue weighted by Crippen LogP contribution is -2.42. The summed E-state index contributed by atoms with van der Waals surface area (Å²) in [6.07, 6.45) is 1.97. The Bertz CT molecular complexity index is 1810. The van der Waals surface area contributed by atoms with E-state index in [1.165, 1.54) is 4.90 Å². The van der Waals surface area contributed by atoms with Gasteiger partial charge in [0.25, 0.3) is 0 Å². The van der Waals surface area contributed by atoms with Gasteiger partial charge in [-0.2, -0.15) is 0 Å². The number of imide groups is 1. The molecule has 8 rings (SSSR count). The number of ether oxygens (including phenoxy) is 3. The minimum Gasteiger partial charge on any atom is -0.454 e. The van der Waals surface area contributed by atoms with Gasteiger partial charge in [0.15, 0.2) is 11.5 Å². The second kappa shape index (κ2) is 8.44. The molecule has 4 aromatic carbocycles. The van der Waals surface area contributed by atoms with Crippen LogP contribution in [0.2, 0.25) is 5.02 Å². The lowest BCUT2D eigenvalue weighted by molar-refractivity contribution is -0.142. The van der Waals surface area contributed by atoms with Crippen LogP contribution in [0.4, 0.5) is 5.69 Å². The van der Waals surface area contributed by atoms with Crippen molar-refractivity contribution < 1.29 is 28.6 Å². The van der Waals surface area contributed by atoms with Crippen LogP contribution in [0.25, 0.3) is 16.3 Å². The lowest BCUT2D eigenvalue weighted by Gasteiger charge is -2.38. The molecule has 40 heavy (non-hydrogen) atoms. The first-order valence-electron chi connectivity index (χ1n) is 13.0. The molecule has 0 saturated carbocycles. The predicted molar refractivity (Wildman–Crippen MR) is 147 cm³/mol. The van der Waals surface area contributed by atoms with Crippen LogP contribution < -0.4 is 19.1 Å². The van der Waals surface area contributed by atoms with Gasteiger partial charge in [0, 0.05) is 21.9 Å². The number of esters is 1. The Balaban J connectivity index is 1.34. The number of anilines is 1. The molecule has 0 unspecified atom stereocenters. The van der Waals surface area contributed by atoms with E-state index in [-0.39, 0.29) is 12.7 Å². The van der Waals surface area contributed by atoms with Crippen LogP contribution in [0.5, 0.6) is 17.2 Å². The van der Waals surface area contributed by atoms with Crippen molar-refractivity contribution in [2.75, 3.05) is 11.7 Å². The second-order valence-electron chi connectivity index (χ2n) is 10.4. The summed E-state index contributed by atoms with van der Waals surface area (Å²) in [7, 11) is 0. The monoisotopic (exact) mass is 549 g/mol. The van der Waals surface area contributed by atoms with E-state index in [1.54, 1.807) is 24.3 Å². The Kier molecular flexibility index (Phi) is 4.91. The van der Waals surface area contributed by atoms with Crippen LogP contribution in [0, 0.1) is 17.8 Å². The maximum absolute atomic E-state index is 14.1. The molecule has 8 heteroatoms. The van der Waals surface area contributed by atoms with Gasteiger partial charge < -0.3 is 14.2 Å². The zero-order valence-electron chi connectivity index (χ0n) is 20.9. The molecule has 0 radical (unpaired) electrons.